The van der Waals surface area contributed by atoms with Crippen molar-refractivity contribution in [2.75, 3.05) is 0 Å². The van der Waals surface area contributed by atoms with Crippen molar-refractivity contribution < 1.29 is 4.79 Å². The zero-order chi connectivity index (χ0) is 8.69. The van der Waals surface area contributed by atoms with E-state index in [1.807, 2.05) is 13.8 Å². The van der Waals surface area contributed by atoms with E-state index in [2.05, 4.69) is 0 Å². The minimum Gasteiger partial charge on any atom is -0.300 e. The molecule has 0 amide bonds. The van der Waals surface area contributed by atoms with Gasteiger partial charge in [-0.15, -0.1) is 0 Å². The largest absolute Gasteiger partial charge is 0.300 e. The number of hydrogen-bond donors (Lipinski definition) is 0. The number of rotatable bonds is 1. The number of carbonyl (C=O) groups is 1. The summed E-state index contributed by atoms with van der Waals surface area (Å²) in [6.07, 6.45) is 7.50. The molecule has 0 atom stereocenters. The van der Waals surface area contributed by atoms with Gasteiger partial charge >= 0.3 is 0 Å². The maximum atomic E-state index is 10.1. The third-order valence-electron chi connectivity index (χ3n) is 2.06. The molecule has 0 N–H and O–H groups in total. The molecule has 0 saturated heterocycles. The van der Waals surface area contributed by atoms with Crippen molar-refractivity contribution in [3.63, 3.8) is 0 Å². The van der Waals surface area contributed by atoms with E-state index in [-0.39, 0.29) is 11.7 Å². The van der Waals surface area contributed by atoms with Gasteiger partial charge in [-0.05, 0) is 6.92 Å². The highest BCUT2D eigenvalue weighted by Crippen LogP contribution is 2.15. The van der Waals surface area contributed by atoms with Crippen molar-refractivity contribution in [3.05, 3.63) is 0 Å². The zero-order valence-corrected chi connectivity index (χ0v) is 8.02. The van der Waals surface area contributed by atoms with Gasteiger partial charge in [-0.3, -0.25) is 4.79 Å². The van der Waals surface area contributed by atoms with Gasteiger partial charge in [-0.2, -0.15) is 0 Å². The highest BCUT2D eigenvalue weighted by atomic mass is 16.1. The maximum Gasteiger partial charge on any atom is 0.132 e. The second kappa shape index (κ2) is 6.38. The Morgan fingerprint density at radius 1 is 1.00 bits per heavy atom. The van der Waals surface area contributed by atoms with E-state index in [1.165, 1.54) is 32.1 Å². The van der Waals surface area contributed by atoms with Crippen molar-refractivity contribution >= 4 is 5.78 Å². The lowest BCUT2D eigenvalue weighted by atomic mass is 10.1. The van der Waals surface area contributed by atoms with Gasteiger partial charge in [0.05, 0.1) is 0 Å². The highest BCUT2D eigenvalue weighted by molar-refractivity contribution is 5.77. The molecule has 1 fully saturated rings. The van der Waals surface area contributed by atoms with Gasteiger partial charge in [0.1, 0.15) is 5.78 Å². The lowest BCUT2D eigenvalue weighted by Crippen LogP contribution is -1.98. The first-order chi connectivity index (χ1) is 5.14. The highest BCUT2D eigenvalue weighted by Gasteiger charge is 1.95. The molecule has 1 saturated carbocycles. The van der Waals surface area contributed by atoms with Crippen LogP contribution in [0.4, 0.5) is 0 Å². The molecule has 0 spiro atoms. The number of Topliss-reactive ketones (excluding diaryl/α,β-unsaturated/α-hetero) is 1. The molecule has 1 aliphatic rings. The predicted octanol–water partition coefficient (Wildman–Crippen LogP) is 3.18. The van der Waals surface area contributed by atoms with Crippen LogP contribution in [0.3, 0.4) is 0 Å². The van der Waals surface area contributed by atoms with Gasteiger partial charge in [0.2, 0.25) is 0 Å². The van der Waals surface area contributed by atoms with Crippen molar-refractivity contribution in [2.45, 2.75) is 52.9 Å². The second-order valence-corrected chi connectivity index (χ2v) is 3.53. The lowest BCUT2D eigenvalue weighted by molar-refractivity contribution is -0.119. The van der Waals surface area contributed by atoms with E-state index in [9.17, 15) is 4.79 Å². The van der Waals surface area contributed by atoms with Crippen LogP contribution in [0.25, 0.3) is 0 Å². The standard InChI is InChI=1S/C5H10O.C5H10/c1-4(2)5(3)6;1-2-4-5-3-1/h4H,1-3H3;1-5H2. The molecule has 1 heteroatoms. The summed E-state index contributed by atoms with van der Waals surface area (Å²) >= 11 is 0. The molecule has 66 valence electrons. The van der Waals surface area contributed by atoms with Gasteiger partial charge in [-0.25, -0.2) is 0 Å². The molecule has 11 heavy (non-hydrogen) atoms. The Hall–Kier alpha value is -0.330. The molecule has 1 aliphatic carbocycles. The van der Waals surface area contributed by atoms with Crippen molar-refractivity contribution in [2.24, 2.45) is 5.92 Å². The van der Waals surface area contributed by atoms with Crippen molar-refractivity contribution in [3.8, 4) is 0 Å². The Balaban J connectivity index is 0.000000183. The fourth-order valence-electron chi connectivity index (χ4n) is 0.884. The van der Waals surface area contributed by atoms with Gasteiger partial charge in [0.15, 0.2) is 0 Å². The Labute approximate surface area is 70.2 Å². The van der Waals surface area contributed by atoms with Crippen LogP contribution in [0.1, 0.15) is 52.9 Å². The van der Waals surface area contributed by atoms with Crippen LogP contribution in [-0.4, -0.2) is 5.78 Å². The summed E-state index contributed by atoms with van der Waals surface area (Å²) in [5.74, 6) is 0.472. The fourth-order valence-corrected chi connectivity index (χ4v) is 0.884. The van der Waals surface area contributed by atoms with Gasteiger partial charge < -0.3 is 0 Å². The molecular formula is C10H20O. The Morgan fingerprint density at radius 2 is 1.18 bits per heavy atom. The molecule has 0 heterocycles. The van der Waals surface area contributed by atoms with Gasteiger partial charge in [0, 0.05) is 5.92 Å². The SMILES string of the molecule is C1CCCC1.CC(=O)C(C)C. The normalized spacial score (nSPS) is 16.0. The number of carbonyl (C=O) groups excluding carboxylic acids is 1. The number of hydrogen-bond acceptors (Lipinski definition) is 1. The van der Waals surface area contributed by atoms with Crippen LogP contribution >= 0.6 is 0 Å². The fraction of sp³-hybridized carbons (Fsp3) is 0.900. The molecule has 0 radical (unpaired) electrons. The minimum absolute atomic E-state index is 0.213. The summed E-state index contributed by atoms with van der Waals surface area (Å²) in [6, 6.07) is 0. The maximum absolute atomic E-state index is 10.1. The Bertz CT molecular complexity index is 93.8. The van der Waals surface area contributed by atoms with Gasteiger partial charge in [0.25, 0.3) is 0 Å². The first-order valence-electron chi connectivity index (χ1n) is 4.65. The van der Waals surface area contributed by atoms with Crippen LogP contribution < -0.4 is 0 Å². The van der Waals surface area contributed by atoms with Crippen molar-refractivity contribution in [1.29, 1.82) is 0 Å². The van der Waals surface area contributed by atoms with E-state index < -0.39 is 0 Å². The summed E-state index contributed by atoms with van der Waals surface area (Å²) in [7, 11) is 0. The molecule has 1 nitrogen and oxygen atoms in total. The molecule has 1 rings (SSSR count). The molecule has 0 bridgehead atoms. The average molecular weight is 156 g/mol. The third-order valence-corrected chi connectivity index (χ3v) is 2.06. The summed E-state index contributed by atoms with van der Waals surface area (Å²) in [6.45, 7) is 5.38. The first kappa shape index (κ1) is 10.7. The topological polar surface area (TPSA) is 17.1 Å². The van der Waals surface area contributed by atoms with E-state index in [0.717, 1.165) is 0 Å². The van der Waals surface area contributed by atoms with Crippen molar-refractivity contribution in [1.82, 2.24) is 0 Å². The quantitative estimate of drug-likeness (QED) is 0.570. The summed E-state index contributed by atoms with van der Waals surface area (Å²) in [5.41, 5.74) is 0. The molecule has 0 aromatic rings. The van der Waals surface area contributed by atoms with Crippen LogP contribution in [-0.2, 0) is 4.79 Å². The number of ketones is 1. The zero-order valence-electron chi connectivity index (χ0n) is 8.02. The van der Waals surface area contributed by atoms with E-state index in [4.69, 9.17) is 0 Å². The third kappa shape index (κ3) is 7.57. The molecular weight excluding hydrogens is 136 g/mol. The minimum atomic E-state index is 0.213. The molecule has 0 aromatic heterocycles. The van der Waals surface area contributed by atoms with Crippen LogP contribution in [0, 0.1) is 5.92 Å². The van der Waals surface area contributed by atoms with E-state index in [0.29, 0.717) is 0 Å². The summed E-state index contributed by atoms with van der Waals surface area (Å²) in [5, 5.41) is 0. The van der Waals surface area contributed by atoms with Gasteiger partial charge in [-0.1, -0.05) is 46.0 Å². The molecule has 0 unspecified atom stereocenters. The van der Waals surface area contributed by atoms with Crippen LogP contribution in [0.15, 0.2) is 0 Å². The van der Waals surface area contributed by atoms with E-state index >= 15 is 0 Å². The van der Waals surface area contributed by atoms with Crippen LogP contribution in [0.5, 0.6) is 0 Å². The lowest BCUT2D eigenvalue weighted by Gasteiger charge is -1.90. The monoisotopic (exact) mass is 156 g/mol. The van der Waals surface area contributed by atoms with Crippen LogP contribution in [0.2, 0.25) is 0 Å². The summed E-state index contributed by atoms with van der Waals surface area (Å²) in [4.78, 5) is 10.1. The smallest absolute Gasteiger partial charge is 0.132 e. The predicted molar refractivity (Wildman–Crippen MR) is 48.6 cm³/mol. The molecule has 0 aliphatic heterocycles. The van der Waals surface area contributed by atoms with E-state index in [1.54, 1.807) is 6.92 Å². The Morgan fingerprint density at radius 3 is 1.27 bits per heavy atom. The second-order valence-electron chi connectivity index (χ2n) is 3.53. The molecule has 0 aromatic carbocycles. The Kier molecular flexibility index (Phi) is 6.19. The summed E-state index contributed by atoms with van der Waals surface area (Å²) < 4.78 is 0. The first-order valence-corrected chi connectivity index (χ1v) is 4.65. The average Bonchev–Trinajstić information content (AvgIpc) is 2.41.